The van der Waals surface area contributed by atoms with E-state index in [9.17, 15) is 9.90 Å². The van der Waals surface area contributed by atoms with E-state index < -0.39 is 11.4 Å². The van der Waals surface area contributed by atoms with Crippen molar-refractivity contribution in [2.45, 2.75) is 91.4 Å². The Morgan fingerprint density at radius 1 is 0.778 bits per heavy atom. The summed E-state index contributed by atoms with van der Waals surface area (Å²) in [5, 5.41) is 9.58. The van der Waals surface area contributed by atoms with E-state index in [1.165, 1.54) is 25.7 Å². The molecule has 0 aliphatic rings. The van der Waals surface area contributed by atoms with Crippen LogP contribution in [0.5, 0.6) is 0 Å². The Bertz CT molecular complexity index is 213. The molecule has 2 nitrogen and oxygen atoms in total. The van der Waals surface area contributed by atoms with Gasteiger partial charge in [0.2, 0.25) is 0 Å². The quantitative estimate of drug-likeness (QED) is 0.474. The van der Waals surface area contributed by atoms with Crippen LogP contribution >= 0.6 is 0 Å². The monoisotopic (exact) mass is 256 g/mol. The molecule has 0 radical (unpaired) electrons. The lowest BCUT2D eigenvalue weighted by Gasteiger charge is -2.29. The van der Waals surface area contributed by atoms with Crippen LogP contribution in [0, 0.1) is 5.41 Å². The van der Waals surface area contributed by atoms with Gasteiger partial charge in [0.1, 0.15) is 0 Å². The Hall–Kier alpha value is -0.530. The molecule has 0 bridgehead atoms. The highest BCUT2D eigenvalue weighted by Gasteiger charge is 2.35. The Kier molecular flexibility index (Phi) is 10.1. The number of carboxylic acid groups (broad SMARTS) is 1. The minimum atomic E-state index is -0.562. The molecular weight excluding hydrogens is 224 g/mol. The Balaban J connectivity index is 4.28. The molecule has 0 heterocycles. The fraction of sp³-hybridized carbons (Fsp3) is 0.938. The number of carbonyl (C=O) groups is 1. The standard InChI is InChI=1S/C16H32O2/c1-4-7-9-10-11-14-16(12-6-3,15(17)18)13-8-5-2/h4-14H2,1-3H3,(H,17,18). The maximum absolute atomic E-state index is 11.6. The summed E-state index contributed by atoms with van der Waals surface area (Å²) in [5.74, 6) is -0.562. The van der Waals surface area contributed by atoms with Crippen molar-refractivity contribution >= 4 is 5.97 Å². The van der Waals surface area contributed by atoms with E-state index in [0.717, 1.165) is 44.9 Å². The van der Waals surface area contributed by atoms with Gasteiger partial charge >= 0.3 is 5.97 Å². The van der Waals surface area contributed by atoms with Crippen LogP contribution in [-0.2, 0) is 4.79 Å². The molecule has 1 unspecified atom stereocenters. The molecule has 1 N–H and O–H groups in total. The van der Waals surface area contributed by atoms with Crippen molar-refractivity contribution in [3.8, 4) is 0 Å². The third kappa shape index (κ3) is 6.42. The van der Waals surface area contributed by atoms with Gasteiger partial charge in [-0.25, -0.2) is 0 Å². The highest BCUT2D eigenvalue weighted by atomic mass is 16.4. The minimum absolute atomic E-state index is 0.434. The molecule has 18 heavy (non-hydrogen) atoms. The molecular formula is C16H32O2. The van der Waals surface area contributed by atoms with Gasteiger partial charge in [-0.15, -0.1) is 0 Å². The van der Waals surface area contributed by atoms with Gasteiger partial charge in [-0.1, -0.05) is 72.1 Å². The molecule has 0 spiro atoms. The van der Waals surface area contributed by atoms with Gasteiger partial charge in [0, 0.05) is 0 Å². The van der Waals surface area contributed by atoms with Crippen LogP contribution in [0.15, 0.2) is 0 Å². The summed E-state index contributed by atoms with van der Waals surface area (Å²) in [6.45, 7) is 6.44. The van der Waals surface area contributed by atoms with Gasteiger partial charge in [0.25, 0.3) is 0 Å². The Morgan fingerprint density at radius 3 is 1.83 bits per heavy atom. The van der Waals surface area contributed by atoms with Crippen LogP contribution in [0.1, 0.15) is 91.4 Å². The van der Waals surface area contributed by atoms with Crippen molar-refractivity contribution in [2.24, 2.45) is 5.41 Å². The number of unbranched alkanes of at least 4 members (excludes halogenated alkanes) is 5. The fourth-order valence-electron chi connectivity index (χ4n) is 2.76. The smallest absolute Gasteiger partial charge is 0.309 e. The fourth-order valence-corrected chi connectivity index (χ4v) is 2.76. The highest BCUT2D eigenvalue weighted by molar-refractivity contribution is 5.74. The van der Waals surface area contributed by atoms with Crippen molar-refractivity contribution in [3.05, 3.63) is 0 Å². The zero-order valence-electron chi connectivity index (χ0n) is 12.6. The van der Waals surface area contributed by atoms with Gasteiger partial charge in [0.15, 0.2) is 0 Å². The summed E-state index contributed by atoms with van der Waals surface area (Å²) in [4.78, 5) is 11.6. The van der Waals surface area contributed by atoms with Crippen LogP contribution in [0.2, 0.25) is 0 Å². The zero-order valence-corrected chi connectivity index (χ0v) is 12.6. The van der Waals surface area contributed by atoms with Crippen LogP contribution in [0.25, 0.3) is 0 Å². The molecule has 0 saturated carbocycles. The van der Waals surface area contributed by atoms with E-state index in [-0.39, 0.29) is 0 Å². The third-order valence-electron chi connectivity index (χ3n) is 3.95. The minimum Gasteiger partial charge on any atom is -0.481 e. The number of hydrogen-bond donors (Lipinski definition) is 1. The van der Waals surface area contributed by atoms with E-state index in [0.29, 0.717) is 0 Å². The van der Waals surface area contributed by atoms with Crippen molar-refractivity contribution in [1.82, 2.24) is 0 Å². The molecule has 2 heteroatoms. The SMILES string of the molecule is CCCCCCCC(CCC)(CCCC)C(=O)O. The van der Waals surface area contributed by atoms with Gasteiger partial charge < -0.3 is 5.11 Å². The van der Waals surface area contributed by atoms with Crippen molar-refractivity contribution in [2.75, 3.05) is 0 Å². The average molecular weight is 256 g/mol. The molecule has 0 amide bonds. The van der Waals surface area contributed by atoms with E-state index in [4.69, 9.17) is 0 Å². The predicted molar refractivity (Wildman–Crippen MR) is 77.9 cm³/mol. The number of aliphatic carboxylic acids is 1. The summed E-state index contributed by atoms with van der Waals surface area (Å²) in [6, 6.07) is 0. The highest BCUT2D eigenvalue weighted by Crippen LogP contribution is 2.36. The van der Waals surface area contributed by atoms with Crippen molar-refractivity contribution in [3.63, 3.8) is 0 Å². The van der Waals surface area contributed by atoms with Crippen LogP contribution in [0.4, 0.5) is 0 Å². The molecule has 0 fully saturated rings. The number of carboxylic acids is 1. The molecule has 0 rings (SSSR count). The first kappa shape index (κ1) is 17.5. The number of rotatable bonds is 12. The maximum Gasteiger partial charge on any atom is 0.309 e. The van der Waals surface area contributed by atoms with Gasteiger partial charge in [-0.05, 0) is 19.3 Å². The lowest BCUT2D eigenvalue weighted by Crippen LogP contribution is -2.31. The van der Waals surface area contributed by atoms with Crippen LogP contribution in [-0.4, -0.2) is 11.1 Å². The first-order valence-corrected chi connectivity index (χ1v) is 7.86. The Morgan fingerprint density at radius 2 is 1.33 bits per heavy atom. The second-order valence-corrected chi connectivity index (χ2v) is 5.60. The van der Waals surface area contributed by atoms with Crippen LogP contribution in [0.3, 0.4) is 0 Å². The molecule has 108 valence electrons. The molecule has 0 aromatic heterocycles. The van der Waals surface area contributed by atoms with Crippen LogP contribution < -0.4 is 0 Å². The molecule has 0 aliphatic heterocycles. The van der Waals surface area contributed by atoms with E-state index in [2.05, 4.69) is 20.8 Å². The van der Waals surface area contributed by atoms with Gasteiger partial charge in [0.05, 0.1) is 5.41 Å². The third-order valence-corrected chi connectivity index (χ3v) is 3.95. The largest absolute Gasteiger partial charge is 0.481 e. The zero-order chi connectivity index (χ0) is 13.9. The maximum atomic E-state index is 11.6. The van der Waals surface area contributed by atoms with Gasteiger partial charge in [-0.3, -0.25) is 4.79 Å². The molecule has 0 aromatic rings. The van der Waals surface area contributed by atoms with E-state index >= 15 is 0 Å². The molecule has 0 saturated heterocycles. The second-order valence-electron chi connectivity index (χ2n) is 5.60. The summed E-state index contributed by atoms with van der Waals surface area (Å²) in [7, 11) is 0. The topological polar surface area (TPSA) is 37.3 Å². The lowest BCUT2D eigenvalue weighted by molar-refractivity contribution is -0.150. The van der Waals surface area contributed by atoms with Crippen molar-refractivity contribution < 1.29 is 9.90 Å². The summed E-state index contributed by atoms with van der Waals surface area (Å²) >= 11 is 0. The van der Waals surface area contributed by atoms with E-state index in [1.54, 1.807) is 0 Å². The molecule has 0 aromatic carbocycles. The summed E-state index contributed by atoms with van der Waals surface area (Å²) in [6.07, 6.45) is 11.7. The Labute approximate surface area is 113 Å². The summed E-state index contributed by atoms with van der Waals surface area (Å²) in [5.41, 5.74) is -0.434. The second kappa shape index (κ2) is 10.4. The van der Waals surface area contributed by atoms with Crippen molar-refractivity contribution in [1.29, 1.82) is 0 Å². The lowest BCUT2D eigenvalue weighted by atomic mass is 9.75. The summed E-state index contributed by atoms with van der Waals surface area (Å²) < 4.78 is 0. The molecule has 0 aliphatic carbocycles. The van der Waals surface area contributed by atoms with E-state index in [1.807, 2.05) is 0 Å². The number of hydrogen-bond acceptors (Lipinski definition) is 1. The average Bonchev–Trinajstić information content (AvgIpc) is 2.35. The normalized spacial score (nSPS) is 14.4. The first-order chi connectivity index (χ1) is 8.63. The molecule has 1 atom stereocenters. The predicted octanol–water partition coefficient (Wildman–Crippen LogP) is 5.41. The van der Waals surface area contributed by atoms with Gasteiger partial charge in [-0.2, -0.15) is 0 Å². The first-order valence-electron chi connectivity index (χ1n) is 7.86.